The first-order valence-corrected chi connectivity index (χ1v) is 7.59. The molecular weight excluding hydrogens is 321 g/mol. The summed E-state index contributed by atoms with van der Waals surface area (Å²) >= 11 is 12.1. The van der Waals surface area contributed by atoms with E-state index in [4.69, 9.17) is 27.9 Å². The van der Waals surface area contributed by atoms with Gasteiger partial charge in [0, 0.05) is 20.9 Å². The Hall–Kier alpha value is -1.97. The Kier molecular flexibility index (Phi) is 4.10. The first-order chi connectivity index (χ1) is 10.6. The summed E-state index contributed by atoms with van der Waals surface area (Å²) in [6, 6.07) is 13.0. The molecule has 0 amide bonds. The lowest BCUT2D eigenvalue weighted by molar-refractivity contribution is 0.0520. The van der Waals surface area contributed by atoms with Gasteiger partial charge >= 0.3 is 5.97 Å². The number of hydrogen-bond donors (Lipinski definition) is 1. The average molecular weight is 334 g/mol. The van der Waals surface area contributed by atoms with Gasteiger partial charge in [0.05, 0.1) is 6.61 Å². The SMILES string of the molecule is CCOC(=O)c1cc2cc(-c3cc(Cl)cc(Cl)c3)ccc2[nH]1. The predicted molar refractivity (Wildman–Crippen MR) is 89.7 cm³/mol. The van der Waals surface area contributed by atoms with Crippen molar-refractivity contribution in [2.24, 2.45) is 0 Å². The summed E-state index contributed by atoms with van der Waals surface area (Å²) in [7, 11) is 0. The van der Waals surface area contributed by atoms with Crippen molar-refractivity contribution in [2.75, 3.05) is 6.61 Å². The van der Waals surface area contributed by atoms with E-state index >= 15 is 0 Å². The average Bonchev–Trinajstić information content (AvgIpc) is 2.89. The first-order valence-electron chi connectivity index (χ1n) is 6.83. The minimum absolute atomic E-state index is 0.348. The van der Waals surface area contributed by atoms with Crippen molar-refractivity contribution in [3.63, 3.8) is 0 Å². The van der Waals surface area contributed by atoms with Crippen molar-refractivity contribution in [1.82, 2.24) is 4.98 Å². The van der Waals surface area contributed by atoms with Gasteiger partial charge in [0.25, 0.3) is 0 Å². The zero-order chi connectivity index (χ0) is 15.7. The van der Waals surface area contributed by atoms with Crippen LogP contribution in [-0.4, -0.2) is 17.6 Å². The summed E-state index contributed by atoms with van der Waals surface area (Å²) in [6.45, 7) is 2.13. The minimum Gasteiger partial charge on any atom is -0.461 e. The maximum Gasteiger partial charge on any atom is 0.354 e. The molecule has 112 valence electrons. The van der Waals surface area contributed by atoms with E-state index in [0.29, 0.717) is 22.3 Å². The highest BCUT2D eigenvalue weighted by Crippen LogP contribution is 2.29. The van der Waals surface area contributed by atoms with Crippen LogP contribution < -0.4 is 0 Å². The van der Waals surface area contributed by atoms with Gasteiger partial charge in [-0.15, -0.1) is 0 Å². The van der Waals surface area contributed by atoms with E-state index in [-0.39, 0.29) is 5.97 Å². The smallest absolute Gasteiger partial charge is 0.354 e. The molecule has 0 unspecified atom stereocenters. The van der Waals surface area contributed by atoms with Crippen LogP contribution in [0.25, 0.3) is 22.0 Å². The molecule has 3 rings (SSSR count). The second-order valence-electron chi connectivity index (χ2n) is 4.86. The highest BCUT2D eigenvalue weighted by atomic mass is 35.5. The molecule has 0 spiro atoms. The monoisotopic (exact) mass is 333 g/mol. The fraction of sp³-hybridized carbons (Fsp3) is 0.118. The molecule has 1 heterocycles. The number of benzene rings is 2. The van der Waals surface area contributed by atoms with E-state index in [2.05, 4.69) is 4.98 Å². The normalized spacial score (nSPS) is 10.9. The molecule has 1 N–H and O–H groups in total. The van der Waals surface area contributed by atoms with E-state index < -0.39 is 0 Å². The second-order valence-corrected chi connectivity index (χ2v) is 5.74. The van der Waals surface area contributed by atoms with Gasteiger partial charge in [0.2, 0.25) is 0 Å². The van der Waals surface area contributed by atoms with Crippen LogP contribution in [0.2, 0.25) is 10.0 Å². The van der Waals surface area contributed by atoms with E-state index in [1.807, 2.05) is 30.3 Å². The molecule has 0 saturated heterocycles. The highest BCUT2D eigenvalue weighted by molar-refractivity contribution is 6.35. The third-order valence-corrected chi connectivity index (χ3v) is 3.75. The molecule has 0 aliphatic carbocycles. The molecule has 0 radical (unpaired) electrons. The lowest BCUT2D eigenvalue weighted by Gasteiger charge is -2.04. The number of aromatic amines is 1. The van der Waals surface area contributed by atoms with Gasteiger partial charge in [0.1, 0.15) is 5.69 Å². The maximum atomic E-state index is 11.8. The zero-order valence-corrected chi connectivity index (χ0v) is 13.3. The van der Waals surface area contributed by atoms with Gasteiger partial charge < -0.3 is 9.72 Å². The van der Waals surface area contributed by atoms with Gasteiger partial charge in [-0.05, 0) is 54.4 Å². The molecule has 0 aliphatic heterocycles. The fourth-order valence-electron chi connectivity index (χ4n) is 2.35. The molecule has 2 aromatic carbocycles. The maximum absolute atomic E-state index is 11.8. The number of aromatic nitrogens is 1. The highest BCUT2D eigenvalue weighted by Gasteiger charge is 2.11. The number of esters is 1. The van der Waals surface area contributed by atoms with Gasteiger partial charge in [0.15, 0.2) is 0 Å². The molecule has 0 saturated carbocycles. The van der Waals surface area contributed by atoms with Crippen LogP contribution in [0.15, 0.2) is 42.5 Å². The molecule has 1 aromatic heterocycles. The molecule has 3 aromatic rings. The summed E-state index contributed by atoms with van der Waals surface area (Å²) in [5, 5.41) is 2.10. The van der Waals surface area contributed by atoms with E-state index in [0.717, 1.165) is 22.0 Å². The summed E-state index contributed by atoms with van der Waals surface area (Å²) in [6.07, 6.45) is 0. The lowest BCUT2D eigenvalue weighted by atomic mass is 10.0. The van der Waals surface area contributed by atoms with E-state index in [1.54, 1.807) is 19.1 Å². The van der Waals surface area contributed by atoms with Gasteiger partial charge in [-0.1, -0.05) is 29.3 Å². The van der Waals surface area contributed by atoms with Crippen LogP contribution in [0.1, 0.15) is 17.4 Å². The first kappa shape index (κ1) is 14.9. The second kappa shape index (κ2) is 6.03. The number of halogens is 2. The van der Waals surface area contributed by atoms with Crippen LogP contribution in [0.4, 0.5) is 0 Å². The largest absolute Gasteiger partial charge is 0.461 e. The topological polar surface area (TPSA) is 42.1 Å². The molecule has 22 heavy (non-hydrogen) atoms. The van der Waals surface area contributed by atoms with Crippen molar-refractivity contribution in [1.29, 1.82) is 0 Å². The van der Waals surface area contributed by atoms with Gasteiger partial charge in [-0.3, -0.25) is 0 Å². The van der Waals surface area contributed by atoms with Crippen molar-refractivity contribution >= 4 is 40.1 Å². The number of H-pyrrole nitrogens is 1. The van der Waals surface area contributed by atoms with Crippen molar-refractivity contribution < 1.29 is 9.53 Å². The number of carbonyl (C=O) groups is 1. The summed E-state index contributed by atoms with van der Waals surface area (Å²) in [4.78, 5) is 14.8. The third kappa shape index (κ3) is 2.96. The van der Waals surface area contributed by atoms with Crippen LogP contribution in [-0.2, 0) is 4.74 Å². The van der Waals surface area contributed by atoms with Gasteiger partial charge in [-0.25, -0.2) is 4.79 Å². The van der Waals surface area contributed by atoms with Crippen LogP contribution >= 0.6 is 23.2 Å². The molecule has 0 fully saturated rings. The Balaban J connectivity index is 2.04. The van der Waals surface area contributed by atoms with Crippen LogP contribution in [0.3, 0.4) is 0 Å². The zero-order valence-electron chi connectivity index (χ0n) is 11.8. The summed E-state index contributed by atoms with van der Waals surface area (Å²) < 4.78 is 5.00. The fourth-order valence-corrected chi connectivity index (χ4v) is 2.88. The molecule has 5 heteroatoms. The van der Waals surface area contributed by atoms with E-state index in [1.165, 1.54) is 0 Å². The van der Waals surface area contributed by atoms with Gasteiger partial charge in [-0.2, -0.15) is 0 Å². The van der Waals surface area contributed by atoms with Crippen molar-refractivity contribution in [3.8, 4) is 11.1 Å². The summed E-state index contributed by atoms with van der Waals surface area (Å²) in [5.41, 5.74) is 3.22. The molecule has 0 aliphatic rings. The Morgan fingerprint density at radius 1 is 1.05 bits per heavy atom. The predicted octanol–water partition coefficient (Wildman–Crippen LogP) is 5.32. The van der Waals surface area contributed by atoms with Crippen molar-refractivity contribution in [2.45, 2.75) is 6.92 Å². The lowest BCUT2D eigenvalue weighted by Crippen LogP contribution is -2.04. The molecule has 0 bridgehead atoms. The number of carbonyl (C=O) groups excluding carboxylic acids is 1. The molecule has 3 nitrogen and oxygen atoms in total. The molecular formula is C17H13Cl2NO2. The Morgan fingerprint density at radius 2 is 1.77 bits per heavy atom. The number of hydrogen-bond acceptors (Lipinski definition) is 2. The number of fused-ring (bicyclic) bond motifs is 1. The Labute approximate surface area is 137 Å². The van der Waals surface area contributed by atoms with Crippen LogP contribution in [0, 0.1) is 0 Å². The third-order valence-electron chi connectivity index (χ3n) is 3.31. The Bertz CT molecular complexity index is 835. The molecule has 0 atom stereocenters. The number of nitrogens with one attached hydrogen (secondary N) is 1. The standard InChI is InChI=1S/C17H13Cl2NO2/c1-2-22-17(21)16-8-12-5-10(3-4-15(12)20-16)11-6-13(18)9-14(19)7-11/h3-9,20H,2H2,1H3. The quantitative estimate of drug-likeness (QED) is 0.659. The number of ether oxygens (including phenoxy) is 1. The Morgan fingerprint density at radius 3 is 2.45 bits per heavy atom. The van der Waals surface area contributed by atoms with Crippen LogP contribution in [0.5, 0.6) is 0 Å². The summed E-state index contributed by atoms with van der Waals surface area (Å²) in [5.74, 6) is -0.356. The van der Waals surface area contributed by atoms with Crippen molar-refractivity contribution in [3.05, 3.63) is 58.2 Å². The van der Waals surface area contributed by atoms with E-state index in [9.17, 15) is 4.79 Å². The minimum atomic E-state index is -0.356. The number of rotatable bonds is 3.